The van der Waals surface area contributed by atoms with Crippen molar-refractivity contribution < 1.29 is 13.3 Å². The summed E-state index contributed by atoms with van der Waals surface area (Å²) in [5.74, 6) is 0.175. The van der Waals surface area contributed by atoms with Crippen LogP contribution in [-0.4, -0.2) is 18.3 Å². The second-order valence-corrected chi connectivity index (χ2v) is 6.71. The smallest absolute Gasteiger partial charge is 0.263 e. The molecule has 0 aliphatic heterocycles. The third-order valence-corrected chi connectivity index (χ3v) is 4.84. The molecule has 0 amide bonds. The number of nitrogens with one attached hydrogen (secondary N) is 1. The molecule has 7 nitrogen and oxygen atoms in total. The van der Waals surface area contributed by atoms with Crippen molar-refractivity contribution >= 4 is 37.5 Å². The molecule has 0 saturated carbocycles. The summed E-state index contributed by atoms with van der Waals surface area (Å²) in [5.41, 5.74) is 0.651. The van der Waals surface area contributed by atoms with Crippen LogP contribution < -0.4 is 4.72 Å². The molecule has 0 atom stereocenters. The van der Waals surface area contributed by atoms with Crippen molar-refractivity contribution in [2.24, 2.45) is 0 Å². The molecule has 0 bridgehead atoms. The lowest BCUT2D eigenvalue weighted by Gasteiger charge is -2.08. The van der Waals surface area contributed by atoms with Crippen LogP contribution in [0.4, 0.5) is 11.5 Å². The molecule has 1 aromatic carbocycles. The van der Waals surface area contributed by atoms with Crippen molar-refractivity contribution in [2.75, 3.05) is 4.72 Å². The Morgan fingerprint density at radius 1 is 1.29 bits per heavy atom. The summed E-state index contributed by atoms with van der Waals surface area (Å²) in [5, 5.41) is 10.5. The van der Waals surface area contributed by atoms with E-state index in [1.807, 2.05) is 0 Å². The standard InChI is InChI=1S/C12H10BrN3O4S/c1-8-6-12(14-7-11(8)13)15-21(19,20)10-4-2-9(3-5-10)16(17)18/h2-7H,1H3,(H,14,15). The van der Waals surface area contributed by atoms with Crippen LogP contribution in [0.25, 0.3) is 0 Å². The van der Waals surface area contributed by atoms with E-state index in [2.05, 4.69) is 25.6 Å². The molecular formula is C12H10BrN3O4S. The number of aromatic nitrogens is 1. The van der Waals surface area contributed by atoms with E-state index in [0.717, 1.165) is 22.2 Å². The van der Waals surface area contributed by atoms with E-state index in [1.165, 1.54) is 18.3 Å². The minimum absolute atomic E-state index is 0.0736. The number of non-ortho nitro benzene ring substituents is 1. The van der Waals surface area contributed by atoms with Crippen molar-refractivity contribution in [1.29, 1.82) is 0 Å². The Kier molecular flexibility index (Phi) is 4.24. The van der Waals surface area contributed by atoms with Gasteiger partial charge in [-0.05, 0) is 46.6 Å². The minimum Gasteiger partial charge on any atom is -0.263 e. The first-order chi connectivity index (χ1) is 9.79. The Hall–Kier alpha value is -2.00. The number of hydrogen-bond donors (Lipinski definition) is 1. The van der Waals surface area contributed by atoms with Crippen molar-refractivity contribution in [1.82, 2.24) is 4.98 Å². The number of rotatable bonds is 4. The Balaban J connectivity index is 2.29. The third-order valence-electron chi connectivity index (χ3n) is 2.64. The number of aryl methyl sites for hydroxylation is 1. The SMILES string of the molecule is Cc1cc(NS(=O)(=O)c2ccc([N+](=O)[O-])cc2)ncc1Br. The van der Waals surface area contributed by atoms with Crippen LogP contribution in [0.2, 0.25) is 0 Å². The van der Waals surface area contributed by atoms with Gasteiger partial charge in [-0.3, -0.25) is 14.8 Å². The fraction of sp³-hybridized carbons (Fsp3) is 0.0833. The van der Waals surface area contributed by atoms with Crippen molar-refractivity contribution in [3.05, 3.63) is 56.7 Å². The summed E-state index contributed by atoms with van der Waals surface area (Å²) in [6.45, 7) is 1.80. The Labute approximate surface area is 129 Å². The number of nitrogens with zero attached hydrogens (tertiary/aromatic N) is 2. The molecule has 0 spiro atoms. The number of pyridine rings is 1. The lowest BCUT2D eigenvalue weighted by molar-refractivity contribution is -0.384. The molecular weight excluding hydrogens is 362 g/mol. The normalized spacial score (nSPS) is 11.1. The average molecular weight is 372 g/mol. The molecule has 0 radical (unpaired) electrons. The van der Waals surface area contributed by atoms with Crippen LogP contribution in [0.1, 0.15) is 5.56 Å². The highest BCUT2D eigenvalue weighted by Gasteiger charge is 2.16. The third kappa shape index (κ3) is 3.56. The first-order valence-corrected chi connectivity index (χ1v) is 7.96. The second-order valence-electron chi connectivity index (χ2n) is 4.18. The summed E-state index contributed by atoms with van der Waals surface area (Å²) in [6.07, 6.45) is 1.49. The molecule has 1 N–H and O–H groups in total. The van der Waals surface area contributed by atoms with E-state index in [-0.39, 0.29) is 16.4 Å². The zero-order valence-electron chi connectivity index (χ0n) is 10.8. The maximum Gasteiger partial charge on any atom is 0.269 e. The van der Waals surface area contributed by atoms with Gasteiger partial charge in [-0.15, -0.1) is 0 Å². The van der Waals surface area contributed by atoms with Gasteiger partial charge in [-0.1, -0.05) is 0 Å². The number of hydrogen-bond acceptors (Lipinski definition) is 5. The van der Waals surface area contributed by atoms with Gasteiger partial charge in [0.2, 0.25) is 0 Å². The number of halogens is 1. The van der Waals surface area contributed by atoms with E-state index in [9.17, 15) is 18.5 Å². The highest BCUT2D eigenvalue weighted by Crippen LogP contribution is 2.21. The van der Waals surface area contributed by atoms with E-state index in [0.29, 0.717) is 0 Å². The van der Waals surface area contributed by atoms with Crippen LogP contribution >= 0.6 is 15.9 Å². The highest BCUT2D eigenvalue weighted by atomic mass is 79.9. The van der Waals surface area contributed by atoms with Crippen LogP contribution in [0.3, 0.4) is 0 Å². The number of anilines is 1. The van der Waals surface area contributed by atoms with E-state index >= 15 is 0 Å². The predicted molar refractivity (Wildman–Crippen MR) is 80.6 cm³/mol. The maximum absolute atomic E-state index is 12.1. The van der Waals surface area contributed by atoms with Gasteiger partial charge in [0, 0.05) is 22.8 Å². The van der Waals surface area contributed by atoms with Crippen molar-refractivity contribution in [3.63, 3.8) is 0 Å². The molecule has 110 valence electrons. The number of benzene rings is 1. The summed E-state index contributed by atoms with van der Waals surface area (Å²) >= 11 is 3.27. The van der Waals surface area contributed by atoms with Crippen LogP contribution in [0, 0.1) is 17.0 Å². The van der Waals surface area contributed by atoms with Gasteiger partial charge in [-0.25, -0.2) is 13.4 Å². The quantitative estimate of drug-likeness (QED) is 0.657. The fourth-order valence-corrected chi connectivity index (χ4v) is 2.75. The first kappa shape index (κ1) is 15.4. The predicted octanol–water partition coefficient (Wildman–Crippen LogP) is 2.86. The molecule has 2 rings (SSSR count). The van der Waals surface area contributed by atoms with Gasteiger partial charge in [0.15, 0.2) is 0 Å². The maximum atomic E-state index is 12.1. The fourth-order valence-electron chi connectivity index (χ4n) is 1.54. The lowest BCUT2D eigenvalue weighted by Crippen LogP contribution is -2.14. The Bertz CT molecular complexity index is 791. The monoisotopic (exact) mass is 371 g/mol. The second kappa shape index (κ2) is 5.78. The van der Waals surface area contributed by atoms with E-state index in [1.54, 1.807) is 13.0 Å². The van der Waals surface area contributed by atoms with Gasteiger partial charge in [0.25, 0.3) is 15.7 Å². The van der Waals surface area contributed by atoms with E-state index < -0.39 is 14.9 Å². The summed E-state index contributed by atoms with van der Waals surface area (Å²) in [6, 6.07) is 6.19. The average Bonchev–Trinajstić information content (AvgIpc) is 2.43. The van der Waals surface area contributed by atoms with E-state index in [4.69, 9.17) is 0 Å². The van der Waals surface area contributed by atoms with Gasteiger partial charge >= 0.3 is 0 Å². The summed E-state index contributed by atoms with van der Waals surface area (Å²) in [4.78, 5) is 13.8. The van der Waals surface area contributed by atoms with Crippen molar-refractivity contribution in [2.45, 2.75) is 11.8 Å². The number of nitro benzene ring substituents is 1. The molecule has 21 heavy (non-hydrogen) atoms. The largest absolute Gasteiger partial charge is 0.269 e. The summed E-state index contributed by atoms with van der Waals surface area (Å²) < 4.78 is 27.4. The minimum atomic E-state index is -3.84. The molecule has 1 aromatic heterocycles. The Morgan fingerprint density at radius 2 is 1.90 bits per heavy atom. The van der Waals surface area contributed by atoms with Gasteiger partial charge in [-0.2, -0.15) is 0 Å². The lowest BCUT2D eigenvalue weighted by atomic mass is 10.3. The van der Waals surface area contributed by atoms with Gasteiger partial charge < -0.3 is 0 Å². The topological polar surface area (TPSA) is 102 Å². The van der Waals surface area contributed by atoms with Crippen LogP contribution in [-0.2, 0) is 10.0 Å². The molecule has 0 unspecified atom stereocenters. The summed E-state index contributed by atoms with van der Waals surface area (Å²) in [7, 11) is -3.84. The highest BCUT2D eigenvalue weighted by molar-refractivity contribution is 9.10. The molecule has 9 heteroatoms. The number of nitro groups is 1. The number of sulfonamides is 1. The van der Waals surface area contributed by atoms with Crippen LogP contribution in [0.15, 0.2) is 45.9 Å². The Morgan fingerprint density at radius 3 is 2.43 bits per heavy atom. The molecule has 2 aromatic rings. The molecule has 0 aliphatic carbocycles. The van der Waals surface area contributed by atoms with Crippen molar-refractivity contribution in [3.8, 4) is 0 Å². The van der Waals surface area contributed by atoms with Gasteiger partial charge in [0.1, 0.15) is 5.82 Å². The zero-order valence-corrected chi connectivity index (χ0v) is 13.2. The molecule has 0 fully saturated rings. The molecule has 1 heterocycles. The zero-order chi connectivity index (χ0) is 15.6. The van der Waals surface area contributed by atoms with Crippen LogP contribution in [0.5, 0.6) is 0 Å². The molecule has 0 aliphatic rings. The first-order valence-electron chi connectivity index (χ1n) is 5.69. The van der Waals surface area contributed by atoms with Gasteiger partial charge in [0.05, 0.1) is 9.82 Å². The molecule has 0 saturated heterocycles.